The van der Waals surface area contributed by atoms with E-state index in [1.807, 2.05) is 6.92 Å². The molecule has 1 amide bonds. The van der Waals surface area contributed by atoms with Gasteiger partial charge in [-0.3, -0.25) is 4.79 Å². The van der Waals surface area contributed by atoms with Gasteiger partial charge >= 0.3 is 0 Å². The average Bonchev–Trinajstić information content (AvgIpc) is 2.69. The second kappa shape index (κ2) is 5.41. The zero-order valence-corrected chi connectivity index (χ0v) is 10.8. The van der Waals surface area contributed by atoms with Gasteiger partial charge in [0.15, 0.2) is 0 Å². The third-order valence-corrected chi connectivity index (χ3v) is 2.98. The third-order valence-electron chi connectivity index (χ3n) is 2.39. The van der Waals surface area contributed by atoms with Gasteiger partial charge in [-0.25, -0.2) is 4.98 Å². The fourth-order valence-electron chi connectivity index (χ4n) is 1.75. The lowest BCUT2D eigenvalue weighted by molar-refractivity contribution is 0.0894. The van der Waals surface area contributed by atoms with E-state index in [4.69, 9.17) is 5.73 Å². The predicted octanol–water partition coefficient (Wildman–Crippen LogP) is 1.64. The Balaban J connectivity index is 2.66. The van der Waals surface area contributed by atoms with E-state index >= 15 is 0 Å². The molecule has 0 aliphatic rings. The highest BCUT2D eigenvalue weighted by Crippen LogP contribution is 2.16. The molecule has 0 saturated heterocycles. The van der Waals surface area contributed by atoms with Gasteiger partial charge in [0.25, 0.3) is 5.91 Å². The van der Waals surface area contributed by atoms with Crippen molar-refractivity contribution in [1.29, 1.82) is 0 Å². The van der Waals surface area contributed by atoms with Crippen molar-refractivity contribution in [2.75, 3.05) is 6.54 Å². The number of hydrogen-bond acceptors (Lipinski definition) is 4. The molecule has 1 aromatic rings. The molecule has 4 nitrogen and oxygen atoms in total. The van der Waals surface area contributed by atoms with E-state index in [1.165, 1.54) is 11.3 Å². The fourth-order valence-corrected chi connectivity index (χ4v) is 2.28. The maximum Gasteiger partial charge on any atom is 0.271 e. The topological polar surface area (TPSA) is 68.0 Å². The van der Waals surface area contributed by atoms with Crippen LogP contribution in [0.5, 0.6) is 0 Å². The van der Waals surface area contributed by atoms with Crippen LogP contribution in [0.4, 0.5) is 0 Å². The number of amides is 1. The van der Waals surface area contributed by atoms with Crippen LogP contribution >= 0.6 is 11.3 Å². The Hall–Kier alpha value is -0.940. The van der Waals surface area contributed by atoms with Crippen molar-refractivity contribution in [1.82, 2.24) is 10.3 Å². The highest BCUT2D eigenvalue weighted by atomic mass is 32.1. The first-order valence-corrected chi connectivity index (χ1v) is 6.32. The minimum Gasteiger partial charge on any atom is -0.344 e. The van der Waals surface area contributed by atoms with Gasteiger partial charge in [-0.05, 0) is 19.3 Å². The highest BCUT2D eigenvalue weighted by Gasteiger charge is 2.26. The molecule has 0 fully saturated rings. The van der Waals surface area contributed by atoms with Crippen molar-refractivity contribution in [3.05, 3.63) is 16.6 Å². The van der Waals surface area contributed by atoms with Crippen LogP contribution in [0.1, 0.15) is 37.7 Å². The summed E-state index contributed by atoms with van der Waals surface area (Å²) < 4.78 is 0. The van der Waals surface area contributed by atoms with Gasteiger partial charge < -0.3 is 11.1 Å². The summed E-state index contributed by atoms with van der Waals surface area (Å²) in [6, 6.07) is 0. The maximum absolute atomic E-state index is 11.8. The molecule has 3 N–H and O–H groups in total. The van der Waals surface area contributed by atoms with Gasteiger partial charge in [-0.2, -0.15) is 0 Å². The monoisotopic (exact) mass is 241 g/mol. The quantitative estimate of drug-likeness (QED) is 0.823. The number of rotatable bonds is 5. The van der Waals surface area contributed by atoms with Crippen molar-refractivity contribution in [2.45, 2.75) is 32.7 Å². The van der Waals surface area contributed by atoms with Crippen molar-refractivity contribution >= 4 is 17.2 Å². The first-order valence-electron chi connectivity index (χ1n) is 5.37. The molecule has 0 aromatic carbocycles. The fraction of sp³-hybridized carbons (Fsp3) is 0.636. The highest BCUT2D eigenvalue weighted by molar-refractivity contribution is 7.07. The Morgan fingerprint density at radius 2 is 2.38 bits per heavy atom. The van der Waals surface area contributed by atoms with Crippen molar-refractivity contribution in [2.24, 2.45) is 11.7 Å². The normalized spacial score (nSPS) is 14.8. The lowest BCUT2D eigenvalue weighted by atomic mass is 9.90. The summed E-state index contributed by atoms with van der Waals surface area (Å²) in [7, 11) is 0. The van der Waals surface area contributed by atoms with E-state index in [2.05, 4.69) is 24.1 Å². The lowest BCUT2D eigenvalue weighted by Gasteiger charge is -2.30. The molecule has 0 aliphatic carbocycles. The number of carbonyl (C=O) groups excluding carboxylic acids is 1. The summed E-state index contributed by atoms with van der Waals surface area (Å²) in [6.45, 7) is 6.63. The van der Waals surface area contributed by atoms with Crippen LogP contribution in [0.3, 0.4) is 0 Å². The van der Waals surface area contributed by atoms with E-state index in [0.29, 0.717) is 18.2 Å². The molecule has 0 radical (unpaired) electrons. The van der Waals surface area contributed by atoms with Crippen molar-refractivity contribution in [3.63, 3.8) is 0 Å². The Labute approximate surface area is 100 Å². The molecule has 0 saturated carbocycles. The number of aromatic nitrogens is 1. The van der Waals surface area contributed by atoms with Crippen LogP contribution in [0.2, 0.25) is 0 Å². The number of nitrogens with one attached hydrogen (secondary N) is 1. The SMILES string of the molecule is CC(C)CC(C)(CN)NC(=O)c1cscn1. The lowest BCUT2D eigenvalue weighted by Crippen LogP contribution is -2.52. The summed E-state index contributed by atoms with van der Waals surface area (Å²) >= 11 is 1.41. The molecule has 1 heterocycles. The number of thiazole rings is 1. The number of nitrogens with two attached hydrogens (primary N) is 1. The first-order chi connectivity index (χ1) is 7.47. The van der Waals surface area contributed by atoms with Crippen LogP contribution in [0.25, 0.3) is 0 Å². The Morgan fingerprint density at radius 3 is 2.81 bits per heavy atom. The van der Waals surface area contributed by atoms with Gasteiger partial charge in [0.1, 0.15) is 5.69 Å². The Kier molecular flexibility index (Phi) is 4.44. The third kappa shape index (κ3) is 3.57. The van der Waals surface area contributed by atoms with E-state index in [9.17, 15) is 4.79 Å². The van der Waals surface area contributed by atoms with Gasteiger partial charge in [0.05, 0.1) is 11.0 Å². The molecule has 1 rings (SSSR count). The zero-order chi connectivity index (χ0) is 12.2. The van der Waals surface area contributed by atoms with Gasteiger partial charge in [0, 0.05) is 11.9 Å². The molecule has 1 atom stereocenters. The molecule has 16 heavy (non-hydrogen) atoms. The van der Waals surface area contributed by atoms with E-state index in [1.54, 1.807) is 10.9 Å². The van der Waals surface area contributed by atoms with Crippen LogP contribution in [0.15, 0.2) is 10.9 Å². The molecule has 1 unspecified atom stereocenters. The molecular weight excluding hydrogens is 222 g/mol. The summed E-state index contributed by atoms with van der Waals surface area (Å²) in [4.78, 5) is 15.8. The summed E-state index contributed by atoms with van der Waals surface area (Å²) in [5.41, 5.74) is 7.49. The summed E-state index contributed by atoms with van der Waals surface area (Å²) in [5.74, 6) is 0.346. The van der Waals surface area contributed by atoms with E-state index in [-0.39, 0.29) is 11.4 Å². The van der Waals surface area contributed by atoms with Crippen molar-refractivity contribution < 1.29 is 4.79 Å². The molecule has 0 bridgehead atoms. The second-order valence-electron chi connectivity index (χ2n) is 4.69. The van der Waals surface area contributed by atoms with E-state index in [0.717, 1.165) is 6.42 Å². The standard InChI is InChI=1S/C11H19N3OS/c1-8(2)4-11(3,6-12)14-10(15)9-5-16-7-13-9/h5,7-8H,4,6,12H2,1-3H3,(H,14,15). The zero-order valence-electron chi connectivity index (χ0n) is 9.99. The van der Waals surface area contributed by atoms with Gasteiger partial charge in [-0.15, -0.1) is 11.3 Å². The number of carbonyl (C=O) groups is 1. The van der Waals surface area contributed by atoms with Crippen LogP contribution in [-0.2, 0) is 0 Å². The molecular formula is C11H19N3OS. The summed E-state index contributed by atoms with van der Waals surface area (Å²) in [5, 5.41) is 4.69. The molecule has 90 valence electrons. The molecule has 5 heteroatoms. The summed E-state index contributed by atoms with van der Waals surface area (Å²) in [6.07, 6.45) is 0.860. The molecule has 0 aliphatic heterocycles. The number of hydrogen-bond donors (Lipinski definition) is 2. The first kappa shape index (κ1) is 13.1. The minimum atomic E-state index is -0.352. The van der Waals surface area contributed by atoms with E-state index < -0.39 is 0 Å². The van der Waals surface area contributed by atoms with Crippen LogP contribution in [0, 0.1) is 5.92 Å². The van der Waals surface area contributed by atoms with Crippen LogP contribution in [-0.4, -0.2) is 23.0 Å². The molecule has 0 spiro atoms. The largest absolute Gasteiger partial charge is 0.344 e. The maximum atomic E-state index is 11.8. The Bertz CT molecular complexity index is 337. The smallest absolute Gasteiger partial charge is 0.271 e. The minimum absolute atomic E-state index is 0.144. The van der Waals surface area contributed by atoms with Crippen molar-refractivity contribution in [3.8, 4) is 0 Å². The van der Waals surface area contributed by atoms with Gasteiger partial charge in [-0.1, -0.05) is 13.8 Å². The number of nitrogens with zero attached hydrogens (tertiary/aromatic N) is 1. The predicted molar refractivity (Wildman–Crippen MR) is 66.5 cm³/mol. The average molecular weight is 241 g/mol. The second-order valence-corrected chi connectivity index (χ2v) is 5.41. The van der Waals surface area contributed by atoms with Gasteiger partial charge in [0.2, 0.25) is 0 Å². The molecule has 1 aromatic heterocycles. The Morgan fingerprint density at radius 1 is 1.69 bits per heavy atom. The van der Waals surface area contributed by atoms with Crippen LogP contribution < -0.4 is 11.1 Å².